The van der Waals surface area contributed by atoms with Crippen LogP contribution in [0.1, 0.15) is 50.8 Å². The predicted molar refractivity (Wildman–Crippen MR) is 94.8 cm³/mol. The van der Waals surface area contributed by atoms with Gasteiger partial charge in [0, 0.05) is 12.7 Å². The molecule has 2 aliphatic heterocycles. The molecule has 0 spiro atoms. The van der Waals surface area contributed by atoms with Gasteiger partial charge in [0.2, 0.25) is 0 Å². The number of rotatable bonds is 5. The molecule has 4 unspecified atom stereocenters. The van der Waals surface area contributed by atoms with E-state index >= 15 is 0 Å². The second kappa shape index (κ2) is 7.92. The van der Waals surface area contributed by atoms with Gasteiger partial charge in [-0.2, -0.15) is 0 Å². The SMILES string of the molecule is CCNC(=O)NC1COC2C1OCC2n1cc(CC2CCCCC2)nn1. The molecule has 1 aliphatic carbocycles. The van der Waals surface area contributed by atoms with E-state index < -0.39 is 0 Å². The monoisotopic (exact) mass is 363 g/mol. The molecule has 8 nitrogen and oxygen atoms in total. The van der Waals surface area contributed by atoms with Gasteiger partial charge in [0.25, 0.3) is 0 Å². The summed E-state index contributed by atoms with van der Waals surface area (Å²) in [5, 5.41) is 14.4. The normalized spacial score (nSPS) is 31.7. The van der Waals surface area contributed by atoms with Crippen LogP contribution in [-0.4, -0.2) is 59.0 Å². The van der Waals surface area contributed by atoms with Gasteiger partial charge in [0.15, 0.2) is 0 Å². The zero-order chi connectivity index (χ0) is 17.9. The Morgan fingerprint density at radius 3 is 2.85 bits per heavy atom. The van der Waals surface area contributed by atoms with Crippen molar-refractivity contribution >= 4 is 6.03 Å². The van der Waals surface area contributed by atoms with Gasteiger partial charge in [-0.25, -0.2) is 9.48 Å². The molecule has 0 aromatic carbocycles. The lowest BCUT2D eigenvalue weighted by Gasteiger charge is -2.20. The number of carbonyl (C=O) groups excluding carboxylic acids is 1. The Morgan fingerprint density at radius 1 is 1.23 bits per heavy atom. The van der Waals surface area contributed by atoms with Crippen molar-refractivity contribution in [3.63, 3.8) is 0 Å². The van der Waals surface area contributed by atoms with Crippen molar-refractivity contribution in [3.8, 4) is 0 Å². The molecule has 26 heavy (non-hydrogen) atoms. The van der Waals surface area contributed by atoms with Crippen LogP contribution in [0.15, 0.2) is 6.20 Å². The lowest BCUT2D eigenvalue weighted by atomic mass is 9.86. The first-order valence-electron chi connectivity index (χ1n) is 9.93. The third kappa shape index (κ3) is 3.71. The van der Waals surface area contributed by atoms with E-state index in [0.29, 0.717) is 19.8 Å². The van der Waals surface area contributed by atoms with Crippen LogP contribution < -0.4 is 10.6 Å². The Hall–Kier alpha value is -1.67. The van der Waals surface area contributed by atoms with Crippen molar-refractivity contribution in [2.75, 3.05) is 19.8 Å². The average molecular weight is 363 g/mol. The highest BCUT2D eigenvalue weighted by atomic mass is 16.6. The highest BCUT2D eigenvalue weighted by Gasteiger charge is 2.49. The van der Waals surface area contributed by atoms with Crippen molar-refractivity contribution in [2.24, 2.45) is 5.92 Å². The molecule has 8 heteroatoms. The van der Waals surface area contributed by atoms with Gasteiger partial charge < -0.3 is 20.1 Å². The quantitative estimate of drug-likeness (QED) is 0.826. The fourth-order valence-corrected chi connectivity index (χ4v) is 4.47. The van der Waals surface area contributed by atoms with Gasteiger partial charge in [-0.05, 0) is 19.3 Å². The van der Waals surface area contributed by atoms with Crippen LogP contribution in [0.2, 0.25) is 0 Å². The third-order valence-corrected chi connectivity index (χ3v) is 5.80. The zero-order valence-corrected chi connectivity index (χ0v) is 15.4. The maximum Gasteiger partial charge on any atom is 0.315 e. The summed E-state index contributed by atoms with van der Waals surface area (Å²) in [5.41, 5.74) is 1.07. The minimum absolute atomic E-state index is 0.0219. The van der Waals surface area contributed by atoms with Crippen LogP contribution in [0.5, 0.6) is 0 Å². The minimum atomic E-state index is -0.177. The largest absolute Gasteiger partial charge is 0.371 e. The summed E-state index contributed by atoms with van der Waals surface area (Å²) >= 11 is 0. The van der Waals surface area contributed by atoms with Crippen LogP contribution in [0, 0.1) is 5.92 Å². The summed E-state index contributed by atoms with van der Waals surface area (Å²) in [6.07, 6.45) is 9.51. The number of fused-ring (bicyclic) bond motifs is 1. The Bertz CT molecular complexity index is 616. The minimum Gasteiger partial charge on any atom is -0.371 e. The van der Waals surface area contributed by atoms with Crippen LogP contribution in [-0.2, 0) is 15.9 Å². The zero-order valence-electron chi connectivity index (χ0n) is 15.4. The van der Waals surface area contributed by atoms with Crippen molar-refractivity contribution in [2.45, 2.75) is 69.7 Å². The molecule has 0 bridgehead atoms. The third-order valence-electron chi connectivity index (χ3n) is 5.80. The summed E-state index contributed by atoms with van der Waals surface area (Å²) in [4.78, 5) is 11.8. The highest BCUT2D eigenvalue weighted by Crippen LogP contribution is 2.34. The molecule has 2 saturated heterocycles. The molecular formula is C18H29N5O3. The maximum absolute atomic E-state index is 11.8. The fourth-order valence-electron chi connectivity index (χ4n) is 4.47. The van der Waals surface area contributed by atoms with Gasteiger partial charge in [0.05, 0.1) is 24.9 Å². The van der Waals surface area contributed by atoms with Gasteiger partial charge in [-0.3, -0.25) is 0 Å². The molecule has 1 saturated carbocycles. The lowest BCUT2D eigenvalue weighted by Crippen LogP contribution is -2.48. The first-order valence-corrected chi connectivity index (χ1v) is 9.93. The summed E-state index contributed by atoms with van der Waals surface area (Å²) in [7, 11) is 0. The fraction of sp³-hybridized carbons (Fsp3) is 0.833. The van der Waals surface area contributed by atoms with Crippen molar-refractivity contribution in [1.29, 1.82) is 0 Å². The summed E-state index contributed by atoms with van der Waals surface area (Å²) in [6.45, 7) is 3.49. The number of nitrogens with one attached hydrogen (secondary N) is 2. The average Bonchev–Trinajstić information content (AvgIpc) is 3.34. The smallest absolute Gasteiger partial charge is 0.315 e. The van der Waals surface area contributed by atoms with E-state index in [0.717, 1.165) is 18.0 Å². The topological polar surface area (TPSA) is 90.3 Å². The van der Waals surface area contributed by atoms with Crippen LogP contribution in [0.25, 0.3) is 0 Å². The van der Waals surface area contributed by atoms with Crippen molar-refractivity contribution < 1.29 is 14.3 Å². The van der Waals surface area contributed by atoms with Gasteiger partial charge in [0.1, 0.15) is 18.2 Å². The van der Waals surface area contributed by atoms with Crippen LogP contribution in [0.3, 0.4) is 0 Å². The van der Waals surface area contributed by atoms with E-state index in [1.165, 1.54) is 32.1 Å². The molecule has 2 N–H and O–H groups in total. The Kier molecular flexibility index (Phi) is 5.40. The molecule has 144 valence electrons. The summed E-state index contributed by atoms with van der Waals surface area (Å²) in [5.74, 6) is 0.745. The van der Waals surface area contributed by atoms with E-state index in [4.69, 9.17) is 9.47 Å². The number of hydrogen-bond acceptors (Lipinski definition) is 5. The van der Waals surface area contributed by atoms with Gasteiger partial charge in [-0.15, -0.1) is 5.10 Å². The molecule has 2 amide bonds. The molecule has 1 aromatic rings. The molecule has 0 radical (unpaired) electrons. The van der Waals surface area contributed by atoms with Crippen LogP contribution in [0.4, 0.5) is 4.79 Å². The van der Waals surface area contributed by atoms with Gasteiger partial charge in [-0.1, -0.05) is 37.3 Å². The number of ether oxygens (including phenoxy) is 2. The first-order chi connectivity index (χ1) is 12.7. The number of urea groups is 1. The Balaban J connectivity index is 1.35. The van der Waals surface area contributed by atoms with E-state index in [1.54, 1.807) is 0 Å². The van der Waals surface area contributed by atoms with Crippen molar-refractivity contribution in [1.82, 2.24) is 25.6 Å². The summed E-state index contributed by atoms with van der Waals surface area (Å²) < 4.78 is 13.8. The first kappa shape index (κ1) is 17.7. The lowest BCUT2D eigenvalue weighted by molar-refractivity contribution is 0.0622. The van der Waals surface area contributed by atoms with E-state index in [1.807, 2.05) is 11.6 Å². The Labute approximate surface area is 154 Å². The summed E-state index contributed by atoms with van der Waals surface area (Å²) in [6, 6.07) is -0.278. The molecule has 4 rings (SSSR count). The van der Waals surface area contributed by atoms with E-state index in [2.05, 4.69) is 27.1 Å². The second-order valence-electron chi connectivity index (χ2n) is 7.67. The second-order valence-corrected chi connectivity index (χ2v) is 7.67. The number of aromatic nitrogens is 3. The number of amides is 2. The van der Waals surface area contributed by atoms with Crippen LogP contribution >= 0.6 is 0 Å². The molecular weight excluding hydrogens is 334 g/mol. The highest BCUT2D eigenvalue weighted by molar-refractivity contribution is 5.74. The maximum atomic E-state index is 11.8. The van der Waals surface area contributed by atoms with Crippen molar-refractivity contribution in [3.05, 3.63) is 11.9 Å². The molecule has 3 fully saturated rings. The van der Waals surface area contributed by atoms with E-state index in [-0.39, 0.29) is 30.3 Å². The number of hydrogen-bond donors (Lipinski definition) is 2. The number of carbonyl (C=O) groups is 1. The van der Waals surface area contributed by atoms with Gasteiger partial charge >= 0.3 is 6.03 Å². The molecule has 3 heterocycles. The standard InChI is InChI=1S/C18H29N5O3/c1-2-19-18(24)20-14-10-25-17-15(11-26-16(14)17)23-9-13(21-22-23)8-12-6-4-3-5-7-12/h9,12,14-17H,2-8,10-11H2,1H3,(H2,19,20,24). The molecule has 4 atom stereocenters. The Morgan fingerprint density at radius 2 is 2.04 bits per heavy atom. The van der Waals surface area contributed by atoms with E-state index in [9.17, 15) is 4.79 Å². The number of nitrogens with zero attached hydrogens (tertiary/aromatic N) is 3. The predicted octanol–water partition coefficient (Wildman–Crippen LogP) is 1.43. The molecule has 1 aromatic heterocycles. The molecule has 3 aliphatic rings.